The van der Waals surface area contributed by atoms with Crippen molar-refractivity contribution in [3.05, 3.63) is 28.8 Å². The highest BCUT2D eigenvalue weighted by molar-refractivity contribution is 6.52. The van der Waals surface area contributed by atoms with Gasteiger partial charge in [-0.15, -0.1) is 0 Å². The van der Waals surface area contributed by atoms with Crippen LogP contribution in [0.1, 0.15) is 30.6 Å². The topological polar surface area (TPSA) is 37.4 Å². The van der Waals surface area contributed by atoms with Crippen LogP contribution in [0.15, 0.2) is 18.2 Å². The number of rotatable bonds is 3. The van der Waals surface area contributed by atoms with E-state index in [1.807, 2.05) is 0 Å². The van der Waals surface area contributed by atoms with Crippen LogP contribution in [-0.2, 0) is 4.79 Å². The summed E-state index contributed by atoms with van der Waals surface area (Å²) in [5.74, 6) is -0.400. The Labute approximate surface area is 105 Å². The maximum Gasteiger partial charge on any atom is 0.299 e. The van der Waals surface area contributed by atoms with Crippen molar-refractivity contribution in [2.75, 3.05) is 11.4 Å². The first-order valence-corrected chi connectivity index (χ1v) is 6.04. The third-order valence-corrected chi connectivity index (χ3v) is 3.10. The first-order chi connectivity index (χ1) is 8.00. The lowest BCUT2D eigenvalue weighted by Gasteiger charge is -2.17. The molecule has 0 radical (unpaired) electrons. The Bertz CT molecular complexity index is 482. The molecule has 1 aromatic carbocycles. The van der Waals surface area contributed by atoms with Crippen molar-refractivity contribution in [1.29, 1.82) is 0 Å². The van der Waals surface area contributed by atoms with Crippen LogP contribution in [0.25, 0.3) is 0 Å². The van der Waals surface area contributed by atoms with Gasteiger partial charge in [0.15, 0.2) is 0 Å². The molecule has 0 unspecified atom stereocenters. The predicted octanol–water partition coefficient (Wildman–Crippen LogP) is 2.92. The standard InChI is InChI=1S/C13H14ClNO2/c1-8(2)5-6-15-11-4-3-9(14)7-10(11)12(16)13(15)17/h3-4,7-8H,5-6H2,1-2H3. The van der Waals surface area contributed by atoms with Crippen LogP contribution in [-0.4, -0.2) is 18.2 Å². The molecule has 0 saturated heterocycles. The van der Waals surface area contributed by atoms with Gasteiger partial charge in [-0.3, -0.25) is 9.59 Å². The molecule has 1 amide bonds. The molecule has 0 aliphatic carbocycles. The number of Topliss-reactive ketones (excluding diaryl/α,β-unsaturated/α-hetero) is 1. The van der Waals surface area contributed by atoms with Crippen LogP contribution in [0, 0.1) is 5.92 Å². The molecule has 17 heavy (non-hydrogen) atoms. The molecule has 0 atom stereocenters. The molecule has 0 N–H and O–H groups in total. The average Bonchev–Trinajstić information content (AvgIpc) is 2.50. The molecule has 0 bridgehead atoms. The minimum atomic E-state index is -0.453. The molecule has 4 heteroatoms. The van der Waals surface area contributed by atoms with Crippen molar-refractivity contribution < 1.29 is 9.59 Å². The zero-order chi connectivity index (χ0) is 12.6. The van der Waals surface area contributed by atoms with E-state index in [9.17, 15) is 9.59 Å². The molecule has 3 nitrogen and oxygen atoms in total. The number of carbonyl (C=O) groups is 2. The summed E-state index contributed by atoms with van der Waals surface area (Å²) in [4.78, 5) is 25.1. The van der Waals surface area contributed by atoms with E-state index in [1.54, 1.807) is 23.1 Å². The maximum atomic E-state index is 11.8. The summed E-state index contributed by atoms with van der Waals surface area (Å²) in [7, 11) is 0. The molecular weight excluding hydrogens is 238 g/mol. The quantitative estimate of drug-likeness (QED) is 0.775. The largest absolute Gasteiger partial charge is 0.305 e. The zero-order valence-electron chi connectivity index (χ0n) is 9.87. The van der Waals surface area contributed by atoms with E-state index in [2.05, 4.69) is 13.8 Å². The summed E-state index contributed by atoms with van der Waals surface area (Å²) >= 11 is 5.83. The molecule has 1 aliphatic heterocycles. The Morgan fingerprint density at radius 2 is 2.00 bits per heavy atom. The SMILES string of the molecule is CC(C)CCN1C(=O)C(=O)c2cc(Cl)ccc21. The van der Waals surface area contributed by atoms with E-state index in [-0.39, 0.29) is 0 Å². The Balaban J connectivity index is 2.31. The summed E-state index contributed by atoms with van der Waals surface area (Å²) in [6, 6.07) is 5.00. The van der Waals surface area contributed by atoms with Crippen molar-refractivity contribution >= 4 is 29.0 Å². The first-order valence-electron chi connectivity index (χ1n) is 5.66. The number of anilines is 1. The second-order valence-corrected chi connectivity index (χ2v) is 5.07. The molecule has 0 fully saturated rings. The van der Waals surface area contributed by atoms with Gasteiger partial charge in [-0.1, -0.05) is 25.4 Å². The van der Waals surface area contributed by atoms with Crippen molar-refractivity contribution in [3.8, 4) is 0 Å². The van der Waals surface area contributed by atoms with Crippen molar-refractivity contribution in [1.82, 2.24) is 0 Å². The second-order valence-electron chi connectivity index (χ2n) is 4.63. The Morgan fingerprint density at radius 1 is 1.29 bits per heavy atom. The van der Waals surface area contributed by atoms with Crippen LogP contribution < -0.4 is 4.90 Å². The number of nitrogens with zero attached hydrogens (tertiary/aromatic N) is 1. The Kier molecular flexibility index (Phi) is 3.20. The van der Waals surface area contributed by atoms with Gasteiger partial charge in [-0.05, 0) is 30.5 Å². The Morgan fingerprint density at radius 3 is 2.65 bits per heavy atom. The number of amides is 1. The van der Waals surface area contributed by atoms with Crippen molar-refractivity contribution in [2.45, 2.75) is 20.3 Å². The summed E-state index contributed by atoms with van der Waals surface area (Å²) in [5.41, 5.74) is 1.11. The van der Waals surface area contributed by atoms with E-state index in [0.717, 1.165) is 6.42 Å². The average molecular weight is 252 g/mol. The molecule has 1 aromatic rings. The highest BCUT2D eigenvalue weighted by atomic mass is 35.5. The summed E-state index contributed by atoms with van der Waals surface area (Å²) in [5, 5.41) is 0.482. The molecular formula is C13H14ClNO2. The van der Waals surface area contributed by atoms with Crippen LogP contribution in [0.5, 0.6) is 0 Å². The summed E-state index contributed by atoms with van der Waals surface area (Å²) < 4.78 is 0. The van der Waals surface area contributed by atoms with Crippen molar-refractivity contribution in [2.24, 2.45) is 5.92 Å². The summed E-state index contributed by atoms with van der Waals surface area (Å²) in [6.07, 6.45) is 0.876. The van der Waals surface area contributed by atoms with Gasteiger partial charge >= 0.3 is 0 Å². The fraction of sp³-hybridized carbons (Fsp3) is 0.385. The number of hydrogen-bond donors (Lipinski definition) is 0. The fourth-order valence-electron chi connectivity index (χ4n) is 1.88. The fourth-order valence-corrected chi connectivity index (χ4v) is 2.05. The minimum absolute atomic E-state index is 0.422. The van der Waals surface area contributed by atoms with Gasteiger partial charge in [0.25, 0.3) is 11.7 Å². The Hall–Kier alpha value is -1.35. The molecule has 1 heterocycles. The number of halogens is 1. The van der Waals surface area contributed by atoms with Crippen LogP contribution in [0.3, 0.4) is 0 Å². The van der Waals surface area contributed by atoms with Crippen LogP contribution in [0.4, 0.5) is 5.69 Å². The van der Waals surface area contributed by atoms with Gasteiger partial charge in [-0.25, -0.2) is 0 Å². The van der Waals surface area contributed by atoms with Gasteiger partial charge < -0.3 is 4.90 Å². The van der Waals surface area contributed by atoms with Gasteiger partial charge in [-0.2, -0.15) is 0 Å². The third kappa shape index (κ3) is 2.20. The number of fused-ring (bicyclic) bond motifs is 1. The van der Waals surface area contributed by atoms with E-state index in [0.29, 0.717) is 28.7 Å². The number of benzene rings is 1. The third-order valence-electron chi connectivity index (χ3n) is 2.86. The lowest BCUT2D eigenvalue weighted by atomic mass is 10.1. The van der Waals surface area contributed by atoms with E-state index in [1.165, 1.54) is 0 Å². The van der Waals surface area contributed by atoms with Crippen molar-refractivity contribution in [3.63, 3.8) is 0 Å². The highest BCUT2D eigenvalue weighted by Gasteiger charge is 2.35. The van der Waals surface area contributed by atoms with E-state index < -0.39 is 11.7 Å². The van der Waals surface area contributed by atoms with Gasteiger partial charge in [0.05, 0.1) is 11.3 Å². The predicted molar refractivity (Wildman–Crippen MR) is 67.6 cm³/mol. The van der Waals surface area contributed by atoms with Gasteiger partial charge in [0, 0.05) is 11.6 Å². The molecule has 0 saturated carbocycles. The number of ketones is 1. The van der Waals surface area contributed by atoms with Crippen LogP contribution in [0.2, 0.25) is 5.02 Å². The van der Waals surface area contributed by atoms with E-state index >= 15 is 0 Å². The van der Waals surface area contributed by atoms with E-state index in [4.69, 9.17) is 11.6 Å². The normalized spacial score (nSPS) is 14.7. The molecule has 1 aliphatic rings. The molecule has 90 valence electrons. The minimum Gasteiger partial charge on any atom is -0.305 e. The first kappa shape index (κ1) is 12.1. The highest BCUT2D eigenvalue weighted by Crippen LogP contribution is 2.31. The monoisotopic (exact) mass is 251 g/mol. The van der Waals surface area contributed by atoms with Crippen LogP contribution >= 0.6 is 11.6 Å². The molecule has 2 rings (SSSR count). The molecule has 0 aromatic heterocycles. The maximum absolute atomic E-state index is 11.8. The number of hydrogen-bond acceptors (Lipinski definition) is 2. The number of carbonyl (C=O) groups excluding carboxylic acids is 2. The lowest BCUT2D eigenvalue weighted by molar-refractivity contribution is -0.114. The second kappa shape index (κ2) is 4.49. The smallest absolute Gasteiger partial charge is 0.299 e. The summed E-state index contributed by atoms with van der Waals surface area (Å²) in [6.45, 7) is 4.76. The van der Waals surface area contributed by atoms with Gasteiger partial charge in [0.2, 0.25) is 0 Å². The molecule has 0 spiro atoms. The lowest BCUT2D eigenvalue weighted by Crippen LogP contribution is -2.31. The van der Waals surface area contributed by atoms with Gasteiger partial charge in [0.1, 0.15) is 0 Å². The zero-order valence-corrected chi connectivity index (χ0v) is 10.6.